The van der Waals surface area contributed by atoms with Crippen molar-refractivity contribution in [1.29, 1.82) is 0 Å². The molecule has 0 aromatic rings. The average molecular weight is 440 g/mol. The van der Waals surface area contributed by atoms with Gasteiger partial charge in [0.25, 0.3) is 0 Å². The molecule has 0 saturated carbocycles. The van der Waals surface area contributed by atoms with Gasteiger partial charge in [0, 0.05) is 13.6 Å². The standard InChI is InChI=1S/C11H21N3O2.C11H21N3O/c1-9(10(15)16)14(5)8-6-7-13(4)11(14)12(2)3;1-9(15)11(2)7-8-13(5)10(12(3)4)14(11)6/h6,8-9,11H,7H2,1-5H3;7-8,10H,1-6H3/p+1. The zero-order chi connectivity index (χ0) is 24.3. The Morgan fingerprint density at radius 3 is 2.13 bits per heavy atom. The number of carbonyl (C=O) groups excluding carboxylic acids is 1. The molecule has 2 aliphatic rings. The van der Waals surface area contributed by atoms with E-state index >= 15 is 0 Å². The van der Waals surface area contributed by atoms with Crippen molar-refractivity contribution in [2.45, 2.75) is 44.9 Å². The van der Waals surface area contributed by atoms with Crippen molar-refractivity contribution in [2.24, 2.45) is 0 Å². The number of Topliss-reactive ketones (excluding diaryl/α,β-unsaturated/α-hetero) is 1. The van der Waals surface area contributed by atoms with E-state index in [1.807, 2.05) is 87.9 Å². The lowest BCUT2D eigenvalue weighted by Crippen LogP contribution is -2.68. The minimum absolute atomic E-state index is 0.0519. The van der Waals surface area contributed by atoms with Crippen LogP contribution in [-0.4, -0.2) is 133 Å². The third-order valence-electron chi connectivity index (χ3n) is 6.62. The SMILES string of the molecule is CC(=O)C1(C)C=CN(C)C(N(C)C)N1C.CC(C(=O)O)[N+]1(C)C=CCN(C)C1N(C)C. The van der Waals surface area contributed by atoms with E-state index in [0.717, 1.165) is 6.54 Å². The third kappa shape index (κ3) is 5.53. The predicted molar refractivity (Wildman–Crippen MR) is 124 cm³/mol. The molecular formula is C22H43N6O3+. The first-order chi connectivity index (χ1) is 14.1. The van der Waals surface area contributed by atoms with Crippen molar-refractivity contribution in [3.63, 3.8) is 0 Å². The molecule has 0 aromatic carbocycles. The Labute approximate surface area is 188 Å². The highest BCUT2D eigenvalue weighted by atomic mass is 16.4. The summed E-state index contributed by atoms with van der Waals surface area (Å²) in [7, 11) is 15.9. The Morgan fingerprint density at radius 2 is 1.71 bits per heavy atom. The van der Waals surface area contributed by atoms with E-state index in [1.165, 1.54) is 0 Å². The fraction of sp³-hybridized carbons (Fsp3) is 0.727. The lowest BCUT2D eigenvalue weighted by molar-refractivity contribution is -0.925. The van der Waals surface area contributed by atoms with Gasteiger partial charge in [-0.15, -0.1) is 0 Å². The van der Waals surface area contributed by atoms with Gasteiger partial charge in [0.05, 0.1) is 18.8 Å². The summed E-state index contributed by atoms with van der Waals surface area (Å²) in [5.74, 6) is -0.601. The molecule has 5 atom stereocenters. The highest BCUT2D eigenvalue weighted by Gasteiger charge is 2.45. The fourth-order valence-corrected chi connectivity index (χ4v) is 4.54. The maximum Gasteiger partial charge on any atom is 0.362 e. The number of aliphatic carboxylic acids is 1. The smallest absolute Gasteiger partial charge is 0.362 e. The maximum atomic E-state index is 11.7. The van der Waals surface area contributed by atoms with E-state index in [1.54, 1.807) is 13.8 Å². The molecule has 31 heavy (non-hydrogen) atoms. The van der Waals surface area contributed by atoms with Crippen LogP contribution < -0.4 is 0 Å². The van der Waals surface area contributed by atoms with Gasteiger partial charge < -0.3 is 10.0 Å². The van der Waals surface area contributed by atoms with Gasteiger partial charge in [-0.2, -0.15) is 0 Å². The molecule has 9 nitrogen and oxygen atoms in total. The van der Waals surface area contributed by atoms with Crippen molar-refractivity contribution < 1.29 is 19.2 Å². The summed E-state index contributed by atoms with van der Waals surface area (Å²) >= 11 is 0. The van der Waals surface area contributed by atoms with Gasteiger partial charge in [0.15, 0.2) is 11.8 Å². The summed E-state index contributed by atoms with van der Waals surface area (Å²) < 4.78 is 0.374. The molecular weight excluding hydrogens is 396 g/mol. The number of ketones is 1. The summed E-state index contributed by atoms with van der Waals surface area (Å²) in [6.45, 7) is 6.19. The summed E-state index contributed by atoms with van der Waals surface area (Å²) in [6, 6.07) is -0.466. The van der Waals surface area contributed by atoms with E-state index in [0.29, 0.717) is 4.48 Å². The van der Waals surface area contributed by atoms with Gasteiger partial charge in [0.1, 0.15) is 6.29 Å². The molecule has 0 bridgehead atoms. The maximum absolute atomic E-state index is 11.7. The van der Waals surface area contributed by atoms with Crippen LogP contribution in [0, 0.1) is 0 Å². The number of likely N-dealkylation sites (N-methyl/N-ethyl adjacent to an activating group) is 3. The monoisotopic (exact) mass is 439 g/mol. The fourth-order valence-electron chi connectivity index (χ4n) is 4.54. The van der Waals surface area contributed by atoms with Crippen molar-refractivity contribution >= 4 is 11.8 Å². The highest BCUT2D eigenvalue weighted by Crippen LogP contribution is 2.26. The quantitative estimate of drug-likeness (QED) is 0.631. The molecule has 0 aromatic heterocycles. The molecule has 0 aliphatic carbocycles. The predicted octanol–water partition coefficient (Wildman–Crippen LogP) is 0.781. The van der Waals surface area contributed by atoms with Crippen LogP contribution >= 0.6 is 0 Å². The molecule has 5 unspecified atom stereocenters. The highest BCUT2D eigenvalue weighted by molar-refractivity contribution is 5.88. The molecule has 9 heteroatoms. The summed E-state index contributed by atoms with van der Waals surface area (Å²) in [5.41, 5.74) is -0.499. The van der Waals surface area contributed by atoms with E-state index in [-0.39, 0.29) is 18.4 Å². The first kappa shape index (κ1) is 27.3. The van der Waals surface area contributed by atoms with Crippen LogP contribution in [0.25, 0.3) is 0 Å². The Morgan fingerprint density at radius 1 is 1.16 bits per heavy atom. The first-order valence-corrected chi connectivity index (χ1v) is 10.6. The van der Waals surface area contributed by atoms with Crippen LogP contribution in [0.5, 0.6) is 0 Å². The van der Waals surface area contributed by atoms with Crippen LogP contribution in [0.15, 0.2) is 24.6 Å². The molecule has 2 rings (SSSR count). The van der Waals surface area contributed by atoms with Crippen molar-refractivity contribution in [3.05, 3.63) is 24.6 Å². The molecule has 0 fully saturated rings. The molecule has 0 saturated heterocycles. The summed E-state index contributed by atoms with van der Waals surface area (Å²) in [5, 5.41) is 9.20. The zero-order valence-electron chi connectivity index (χ0n) is 21.2. The Bertz CT molecular complexity index is 709. The van der Waals surface area contributed by atoms with Gasteiger partial charge in [-0.25, -0.2) is 14.6 Å². The van der Waals surface area contributed by atoms with Gasteiger partial charge >= 0.3 is 5.97 Å². The number of nitrogens with zero attached hydrogens (tertiary/aromatic N) is 6. The summed E-state index contributed by atoms with van der Waals surface area (Å²) in [6.07, 6.45) is 8.12. The van der Waals surface area contributed by atoms with E-state index in [9.17, 15) is 14.7 Å². The van der Waals surface area contributed by atoms with Crippen LogP contribution in [0.3, 0.4) is 0 Å². The second kappa shape index (κ2) is 10.2. The summed E-state index contributed by atoms with van der Waals surface area (Å²) in [4.78, 5) is 33.3. The number of carbonyl (C=O) groups is 2. The molecule has 0 amide bonds. The Kier molecular flexibility index (Phi) is 8.99. The number of rotatable bonds is 5. The minimum Gasteiger partial charge on any atom is -0.477 e. The van der Waals surface area contributed by atoms with Gasteiger partial charge in [-0.3, -0.25) is 19.1 Å². The number of quaternary nitrogens is 1. The van der Waals surface area contributed by atoms with Gasteiger partial charge in [0.2, 0.25) is 6.29 Å². The molecule has 2 aliphatic heterocycles. The number of hydrogen-bond acceptors (Lipinski definition) is 7. The van der Waals surface area contributed by atoms with Crippen LogP contribution in [-0.2, 0) is 9.59 Å². The van der Waals surface area contributed by atoms with Crippen LogP contribution in [0.1, 0.15) is 20.8 Å². The second-order valence-electron chi connectivity index (χ2n) is 9.48. The van der Waals surface area contributed by atoms with E-state index in [2.05, 4.69) is 24.5 Å². The molecule has 0 radical (unpaired) electrons. The van der Waals surface area contributed by atoms with Crippen molar-refractivity contribution in [2.75, 3.05) is 62.9 Å². The van der Waals surface area contributed by atoms with Gasteiger partial charge in [-0.05, 0) is 81.4 Å². The van der Waals surface area contributed by atoms with Crippen LogP contribution in [0.2, 0.25) is 0 Å². The van der Waals surface area contributed by atoms with Crippen LogP contribution in [0.4, 0.5) is 0 Å². The molecule has 0 spiro atoms. The third-order valence-corrected chi connectivity index (χ3v) is 6.62. The number of carboxylic acids is 1. The Balaban J connectivity index is 0.000000311. The molecule has 1 N–H and O–H groups in total. The van der Waals surface area contributed by atoms with Crippen molar-refractivity contribution in [1.82, 2.24) is 24.5 Å². The molecule has 2 heterocycles. The largest absolute Gasteiger partial charge is 0.477 e. The topological polar surface area (TPSA) is 70.6 Å². The Hall–Kier alpha value is -1.78. The lowest BCUT2D eigenvalue weighted by Gasteiger charge is -2.49. The number of carboxylic acid groups (broad SMARTS) is 1. The average Bonchev–Trinajstić information content (AvgIpc) is 2.64. The van der Waals surface area contributed by atoms with Gasteiger partial charge in [-0.1, -0.05) is 0 Å². The van der Waals surface area contributed by atoms with Crippen molar-refractivity contribution in [3.8, 4) is 0 Å². The normalized spacial score (nSPS) is 32.7. The van der Waals surface area contributed by atoms with E-state index < -0.39 is 17.6 Å². The second-order valence-corrected chi connectivity index (χ2v) is 9.48. The number of hydrogen-bond donors (Lipinski definition) is 1. The lowest BCUT2D eigenvalue weighted by atomic mass is 9.94. The van der Waals surface area contributed by atoms with E-state index in [4.69, 9.17) is 0 Å². The zero-order valence-corrected chi connectivity index (χ0v) is 21.2. The minimum atomic E-state index is -0.769. The molecule has 178 valence electrons. The first-order valence-electron chi connectivity index (χ1n) is 10.6.